The fourth-order valence-electron chi connectivity index (χ4n) is 6.09. The van der Waals surface area contributed by atoms with Gasteiger partial charge in [0.2, 0.25) is 11.8 Å². The first kappa shape index (κ1) is 28.0. The minimum absolute atomic E-state index is 0.0178. The molecular formula is C31H30ClFN6O3. The number of carbonyl (C=O) groups is 3. The number of hydrogen-bond acceptors (Lipinski definition) is 6. The Kier molecular flexibility index (Phi) is 6.84. The molecule has 4 atom stereocenters. The number of piperidine rings is 1. The van der Waals surface area contributed by atoms with Crippen molar-refractivity contribution in [2.45, 2.75) is 65.2 Å². The standard InChI is InChI=1S/C31H30ClFN6O3/c1-16(21-6-5-7-23(32)28(21)33)36-30(42)25-11-31(4)12-26(31)39(25)27(41)15-38-24-9-8-19(20-13-34-18(3)35-14-20)10-22(24)29(37-38)17(2)40/h5-10,13-14,16,25-26H,11-12,15H2,1-4H3,(H,36,42)/t16?,25-,26+,31-/m0/s1. The van der Waals surface area contributed by atoms with Crippen molar-refractivity contribution in [3.63, 3.8) is 0 Å². The summed E-state index contributed by atoms with van der Waals surface area (Å²) in [5.74, 6) is -0.755. The molecular weight excluding hydrogens is 559 g/mol. The van der Waals surface area contributed by atoms with Gasteiger partial charge in [-0.3, -0.25) is 19.1 Å². The topological polar surface area (TPSA) is 110 Å². The third-order valence-electron chi connectivity index (χ3n) is 8.52. The van der Waals surface area contributed by atoms with Gasteiger partial charge in [-0.1, -0.05) is 36.7 Å². The van der Waals surface area contributed by atoms with Gasteiger partial charge in [0, 0.05) is 41.9 Å². The lowest BCUT2D eigenvalue weighted by molar-refractivity contribution is -0.140. The molecule has 11 heteroatoms. The van der Waals surface area contributed by atoms with E-state index in [0.717, 1.165) is 17.5 Å². The lowest BCUT2D eigenvalue weighted by atomic mass is 10.0. The van der Waals surface area contributed by atoms with Crippen LogP contribution in [0.4, 0.5) is 4.39 Å². The number of aryl methyl sites for hydroxylation is 1. The summed E-state index contributed by atoms with van der Waals surface area (Å²) in [5, 5.41) is 8.00. The minimum atomic E-state index is -0.701. The number of halogens is 2. The Labute approximate surface area is 247 Å². The summed E-state index contributed by atoms with van der Waals surface area (Å²) in [6.07, 6.45) is 4.76. The number of Topliss-reactive ketones (excluding diaryl/α,β-unsaturated/α-hetero) is 1. The highest BCUT2D eigenvalue weighted by Crippen LogP contribution is 2.59. The van der Waals surface area contributed by atoms with Crippen molar-refractivity contribution in [2.24, 2.45) is 5.41 Å². The Balaban J connectivity index is 1.26. The second-order valence-electron chi connectivity index (χ2n) is 11.6. The Hall–Kier alpha value is -4.18. The van der Waals surface area contributed by atoms with Gasteiger partial charge in [-0.25, -0.2) is 14.4 Å². The van der Waals surface area contributed by atoms with Gasteiger partial charge in [-0.2, -0.15) is 5.10 Å². The minimum Gasteiger partial charge on any atom is -0.348 e. The summed E-state index contributed by atoms with van der Waals surface area (Å²) >= 11 is 5.94. The summed E-state index contributed by atoms with van der Waals surface area (Å²) in [7, 11) is 0. The molecule has 1 N–H and O–H groups in total. The fourth-order valence-corrected chi connectivity index (χ4v) is 6.28. The highest BCUT2D eigenvalue weighted by molar-refractivity contribution is 6.30. The SMILES string of the molecule is CC(=O)c1nn(CC(=O)N2[C@H](C(=O)NC(C)c3cccc(Cl)c3F)C[C@@]3(C)C[C@@H]23)c2ccc(-c3cnc(C)nc3)cc12. The highest BCUT2D eigenvalue weighted by atomic mass is 35.5. The van der Waals surface area contributed by atoms with Crippen LogP contribution in [0.25, 0.3) is 22.0 Å². The van der Waals surface area contributed by atoms with E-state index in [1.165, 1.54) is 17.7 Å². The van der Waals surface area contributed by atoms with Gasteiger partial charge in [0.25, 0.3) is 0 Å². The normalized spacial score (nSPS) is 21.7. The molecule has 2 aromatic carbocycles. The number of fused-ring (bicyclic) bond motifs is 2. The molecule has 2 aromatic heterocycles. The Bertz CT molecular complexity index is 1760. The summed E-state index contributed by atoms with van der Waals surface area (Å²) < 4.78 is 16.1. The molecule has 42 heavy (non-hydrogen) atoms. The average Bonchev–Trinajstić information content (AvgIpc) is 3.32. The number of likely N-dealkylation sites (tertiary alicyclic amines) is 1. The molecule has 9 nitrogen and oxygen atoms in total. The molecule has 6 rings (SSSR count). The summed E-state index contributed by atoms with van der Waals surface area (Å²) in [4.78, 5) is 50.0. The van der Waals surface area contributed by atoms with Crippen molar-refractivity contribution in [3.05, 3.63) is 76.7 Å². The van der Waals surface area contributed by atoms with Crippen LogP contribution < -0.4 is 5.32 Å². The average molecular weight is 589 g/mol. The van der Waals surface area contributed by atoms with Gasteiger partial charge < -0.3 is 10.2 Å². The molecule has 1 saturated carbocycles. The first-order valence-electron chi connectivity index (χ1n) is 13.8. The largest absolute Gasteiger partial charge is 0.348 e. The number of carbonyl (C=O) groups excluding carboxylic acids is 3. The Morgan fingerprint density at radius 3 is 2.60 bits per heavy atom. The van der Waals surface area contributed by atoms with E-state index in [2.05, 4.69) is 27.3 Å². The van der Waals surface area contributed by atoms with E-state index in [-0.39, 0.29) is 51.9 Å². The predicted octanol–water partition coefficient (Wildman–Crippen LogP) is 5.05. The van der Waals surface area contributed by atoms with Crippen molar-refractivity contribution in [1.82, 2.24) is 30.0 Å². The summed E-state index contributed by atoms with van der Waals surface area (Å²) in [6, 6.07) is 8.82. The first-order valence-corrected chi connectivity index (χ1v) is 14.2. The van der Waals surface area contributed by atoms with Crippen LogP contribution in [0, 0.1) is 18.2 Å². The van der Waals surface area contributed by atoms with Gasteiger partial charge in [0.1, 0.15) is 29.9 Å². The monoisotopic (exact) mass is 588 g/mol. The van der Waals surface area contributed by atoms with E-state index in [0.29, 0.717) is 23.1 Å². The third kappa shape index (κ3) is 4.83. The molecule has 216 valence electrons. The Morgan fingerprint density at radius 1 is 1.14 bits per heavy atom. The number of benzene rings is 2. The molecule has 1 saturated heterocycles. The summed E-state index contributed by atoms with van der Waals surface area (Å²) in [5.41, 5.74) is 2.65. The van der Waals surface area contributed by atoms with Gasteiger partial charge in [0.05, 0.1) is 16.6 Å². The maximum atomic E-state index is 14.6. The molecule has 0 radical (unpaired) electrons. The maximum Gasteiger partial charge on any atom is 0.245 e. The number of nitrogens with zero attached hydrogens (tertiary/aromatic N) is 5. The van der Waals surface area contributed by atoms with Crippen molar-refractivity contribution in [2.75, 3.05) is 0 Å². The number of amides is 2. The quantitative estimate of drug-likeness (QED) is 0.302. The van der Waals surface area contributed by atoms with E-state index in [1.54, 1.807) is 43.3 Å². The predicted molar refractivity (Wildman–Crippen MR) is 155 cm³/mol. The molecule has 2 fully saturated rings. The van der Waals surface area contributed by atoms with E-state index in [9.17, 15) is 18.8 Å². The summed E-state index contributed by atoms with van der Waals surface area (Å²) in [6.45, 7) is 6.87. The molecule has 2 amide bonds. The lowest BCUT2D eigenvalue weighted by Crippen LogP contribution is -2.49. The number of ketones is 1. The van der Waals surface area contributed by atoms with Crippen LogP contribution in [-0.2, 0) is 16.1 Å². The van der Waals surface area contributed by atoms with E-state index in [4.69, 9.17) is 11.6 Å². The van der Waals surface area contributed by atoms with Crippen LogP contribution in [0.5, 0.6) is 0 Å². The molecule has 1 aliphatic heterocycles. The lowest BCUT2D eigenvalue weighted by Gasteiger charge is -2.28. The van der Waals surface area contributed by atoms with Crippen LogP contribution in [0.2, 0.25) is 5.02 Å². The van der Waals surface area contributed by atoms with E-state index >= 15 is 0 Å². The van der Waals surface area contributed by atoms with Crippen molar-refractivity contribution in [3.8, 4) is 11.1 Å². The number of hydrogen-bond donors (Lipinski definition) is 1. The number of rotatable bonds is 7. The van der Waals surface area contributed by atoms with Crippen molar-refractivity contribution >= 4 is 40.1 Å². The molecule has 3 heterocycles. The number of nitrogens with one attached hydrogen (secondary N) is 1. The van der Waals surface area contributed by atoms with Crippen LogP contribution in [0.1, 0.15) is 61.5 Å². The zero-order chi connectivity index (χ0) is 29.9. The van der Waals surface area contributed by atoms with Crippen molar-refractivity contribution in [1.29, 1.82) is 0 Å². The zero-order valence-corrected chi connectivity index (χ0v) is 24.4. The van der Waals surface area contributed by atoms with Crippen LogP contribution in [-0.4, -0.2) is 54.3 Å². The Morgan fingerprint density at radius 2 is 1.88 bits per heavy atom. The second kappa shape index (κ2) is 10.3. The molecule has 4 aromatic rings. The first-order chi connectivity index (χ1) is 20.0. The van der Waals surface area contributed by atoms with E-state index in [1.807, 2.05) is 18.2 Å². The van der Waals surface area contributed by atoms with Gasteiger partial charge in [-0.15, -0.1) is 0 Å². The highest BCUT2D eigenvalue weighted by Gasteiger charge is 2.64. The fraction of sp³-hybridized carbons (Fsp3) is 0.355. The van der Waals surface area contributed by atoms with Gasteiger partial charge in [0.15, 0.2) is 5.78 Å². The smallest absolute Gasteiger partial charge is 0.245 e. The van der Waals surface area contributed by atoms with Crippen LogP contribution in [0.3, 0.4) is 0 Å². The zero-order valence-electron chi connectivity index (χ0n) is 23.7. The third-order valence-corrected chi connectivity index (χ3v) is 8.81. The van der Waals surface area contributed by atoms with Crippen molar-refractivity contribution < 1.29 is 18.8 Å². The van der Waals surface area contributed by atoms with Crippen LogP contribution in [0.15, 0.2) is 48.8 Å². The van der Waals surface area contributed by atoms with E-state index < -0.39 is 17.9 Å². The van der Waals surface area contributed by atoms with Crippen LogP contribution >= 0.6 is 11.6 Å². The molecule has 2 aliphatic rings. The second-order valence-corrected chi connectivity index (χ2v) is 12.0. The number of aromatic nitrogens is 4. The molecule has 0 spiro atoms. The molecule has 1 aliphatic carbocycles. The van der Waals surface area contributed by atoms with Gasteiger partial charge >= 0.3 is 0 Å². The molecule has 0 bridgehead atoms. The molecule has 1 unspecified atom stereocenters. The maximum absolute atomic E-state index is 14.6. The van der Waals surface area contributed by atoms with Gasteiger partial charge in [-0.05, 0) is 55.9 Å².